The van der Waals surface area contributed by atoms with Crippen molar-refractivity contribution in [2.75, 3.05) is 18.4 Å². The van der Waals surface area contributed by atoms with Gasteiger partial charge in [-0.2, -0.15) is 0 Å². The highest BCUT2D eigenvalue weighted by Crippen LogP contribution is 2.20. The number of nitro groups is 1. The second-order valence-electron chi connectivity index (χ2n) is 4.12. The lowest BCUT2D eigenvalue weighted by Gasteiger charge is -2.12. The second kappa shape index (κ2) is 6.79. The molecule has 0 bridgehead atoms. The van der Waals surface area contributed by atoms with Gasteiger partial charge in [-0.25, -0.2) is 4.39 Å². The van der Waals surface area contributed by atoms with Gasteiger partial charge in [-0.3, -0.25) is 14.9 Å². The van der Waals surface area contributed by atoms with Gasteiger partial charge in [-0.1, -0.05) is 13.8 Å². The van der Waals surface area contributed by atoms with Crippen molar-refractivity contribution in [3.8, 4) is 0 Å². The van der Waals surface area contributed by atoms with E-state index in [1.54, 1.807) is 6.92 Å². The summed E-state index contributed by atoms with van der Waals surface area (Å²) in [5.41, 5.74) is -0.407. The SMILES string of the molecule is CCNCC(C)C(=O)Nc1ccc([N+](=O)[O-])cc1F. The molecule has 2 N–H and O–H groups in total. The monoisotopic (exact) mass is 269 g/mol. The van der Waals surface area contributed by atoms with Crippen molar-refractivity contribution >= 4 is 17.3 Å². The fourth-order valence-corrected chi connectivity index (χ4v) is 1.43. The summed E-state index contributed by atoms with van der Waals surface area (Å²) in [6, 6.07) is 3.11. The maximum Gasteiger partial charge on any atom is 0.272 e. The quantitative estimate of drug-likeness (QED) is 0.610. The molecule has 0 heterocycles. The number of hydrogen-bond acceptors (Lipinski definition) is 4. The number of nitrogens with zero attached hydrogens (tertiary/aromatic N) is 1. The number of hydrogen-bond donors (Lipinski definition) is 2. The van der Waals surface area contributed by atoms with Gasteiger partial charge in [0.2, 0.25) is 5.91 Å². The van der Waals surface area contributed by atoms with Crippen LogP contribution in [0.1, 0.15) is 13.8 Å². The molecule has 0 radical (unpaired) electrons. The summed E-state index contributed by atoms with van der Waals surface area (Å²) in [7, 11) is 0. The number of anilines is 1. The zero-order valence-electron chi connectivity index (χ0n) is 10.8. The van der Waals surface area contributed by atoms with Gasteiger partial charge in [0.15, 0.2) is 5.82 Å². The summed E-state index contributed by atoms with van der Waals surface area (Å²) >= 11 is 0. The first-order valence-electron chi connectivity index (χ1n) is 5.91. The van der Waals surface area contributed by atoms with Crippen molar-refractivity contribution in [3.05, 3.63) is 34.1 Å². The van der Waals surface area contributed by atoms with Crippen LogP contribution < -0.4 is 10.6 Å². The fourth-order valence-electron chi connectivity index (χ4n) is 1.43. The van der Waals surface area contributed by atoms with Crippen LogP contribution in [-0.4, -0.2) is 23.9 Å². The van der Waals surface area contributed by atoms with E-state index >= 15 is 0 Å². The van der Waals surface area contributed by atoms with Crippen LogP contribution in [0.2, 0.25) is 0 Å². The summed E-state index contributed by atoms with van der Waals surface area (Å²) in [4.78, 5) is 21.5. The standard InChI is InChI=1S/C12H16FN3O3/c1-3-14-7-8(2)12(17)15-11-5-4-9(16(18)19)6-10(11)13/h4-6,8,14H,3,7H2,1-2H3,(H,15,17). The number of rotatable bonds is 6. The van der Waals surface area contributed by atoms with Crippen LogP contribution in [-0.2, 0) is 4.79 Å². The Morgan fingerprint density at radius 3 is 2.74 bits per heavy atom. The zero-order valence-corrected chi connectivity index (χ0v) is 10.8. The lowest BCUT2D eigenvalue weighted by molar-refractivity contribution is -0.385. The molecule has 104 valence electrons. The maximum absolute atomic E-state index is 13.6. The number of carbonyl (C=O) groups is 1. The molecule has 0 aliphatic rings. The Kier molecular flexibility index (Phi) is 5.37. The van der Waals surface area contributed by atoms with Crippen LogP contribution >= 0.6 is 0 Å². The molecule has 1 amide bonds. The van der Waals surface area contributed by atoms with E-state index in [1.165, 1.54) is 6.07 Å². The van der Waals surface area contributed by atoms with Gasteiger partial charge >= 0.3 is 0 Å². The molecule has 0 aliphatic heterocycles. The van der Waals surface area contributed by atoms with Crippen LogP contribution in [0.4, 0.5) is 15.8 Å². The Labute approximate surface area is 110 Å². The van der Waals surface area contributed by atoms with Crippen LogP contribution in [0.15, 0.2) is 18.2 Å². The van der Waals surface area contributed by atoms with E-state index in [-0.39, 0.29) is 23.2 Å². The molecular formula is C12H16FN3O3. The Balaban J connectivity index is 2.72. The molecule has 1 aromatic rings. The molecule has 0 aromatic heterocycles. The molecule has 1 unspecified atom stereocenters. The normalized spacial score (nSPS) is 11.9. The molecule has 0 spiro atoms. The van der Waals surface area contributed by atoms with Gasteiger partial charge in [-0.15, -0.1) is 0 Å². The molecular weight excluding hydrogens is 253 g/mol. The van der Waals surface area contributed by atoms with Gasteiger partial charge in [0.25, 0.3) is 5.69 Å². The first kappa shape index (κ1) is 15.0. The van der Waals surface area contributed by atoms with E-state index in [2.05, 4.69) is 10.6 Å². The Morgan fingerprint density at radius 2 is 2.21 bits per heavy atom. The highest BCUT2D eigenvalue weighted by Gasteiger charge is 2.16. The molecule has 1 rings (SSSR count). The molecule has 19 heavy (non-hydrogen) atoms. The summed E-state index contributed by atoms with van der Waals surface area (Å²) in [6.45, 7) is 4.85. The van der Waals surface area contributed by atoms with Crippen molar-refractivity contribution in [2.24, 2.45) is 5.92 Å². The van der Waals surface area contributed by atoms with Crippen molar-refractivity contribution < 1.29 is 14.1 Å². The highest BCUT2D eigenvalue weighted by molar-refractivity contribution is 5.92. The third kappa shape index (κ3) is 4.29. The van der Waals surface area contributed by atoms with Gasteiger partial charge in [0.1, 0.15) is 0 Å². The maximum atomic E-state index is 13.6. The number of carbonyl (C=O) groups excluding carboxylic acids is 1. The highest BCUT2D eigenvalue weighted by atomic mass is 19.1. The number of non-ortho nitro benzene ring substituents is 1. The third-order valence-electron chi connectivity index (χ3n) is 2.57. The summed E-state index contributed by atoms with van der Waals surface area (Å²) < 4.78 is 13.6. The largest absolute Gasteiger partial charge is 0.323 e. The third-order valence-corrected chi connectivity index (χ3v) is 2.57. The molecule has 0 aliphatic carbocycles. The second-order valence-corrected chi connectivity index (χ2v) is 4.12. The predicted octanol–water partition coefficient (Wildman–Crippen LogP) is 1.92. The average Bonchev–Trinajstić information content (AvgIpc) is 2.37. The number of halogens is 1. The van der Waals surface area contributed by atoms with Gasteiger partial charge in [0, 0.05) is 18.5 Å². The predicted molar refractivity (Wildman–Crippen MR) is 69.4 cm³/mol. The minimum absolute atomic E-state index is 0.0565. The molecule has 6 nitrogen and oxygen atoms in total. The molecule has 0 fully saturated rings. The number of amides is 1. The summed E-state index contributed by atoms with van der Waals surface area (Å²) in [5.74, 6) is -1.48. The molecule has 0 saturated carbocycles. The Hall–Kier alpha value is -2.02. The van der Waals surface area contributed by atoms with Gasteiger partial charge in [0.05, 0.1) is 16.7 Å². The van der Waals surface area contributed by atoms with Crippen LogP contribution in [0.3, 0.4) is 0 Å². The van der Waals surface area contributed by atoms with Crippen LogP contribution in [0, 0.1) is 21.8 Å². The molecule has 7 heteroatoms. The van der Waals surface area contributed by atoms with E-state index in [0.29, 0.717) is 6.54 Å². The van der Waals surface area contributed by atoms with E-state index < -0.39 is 10.7 Å². The van der Waals surface area contributed by atoms with Crippen molar-refractivity contribution in [3.63, 3.8) is 0 Å². The number of nitro benzene ring substituents is 1. The van der Waals surface area contributed by atoms with Crippen molar-refractivity contribution in [1.82, 2.24) is 5.32 Å². The van der Waals surface area contributed by atoms with E-state index in [1.807, 2.05) is 6.92 Å². The van der Waals surface area contributed by atoms with Crippen LogP contribution in [0.5, 0.6) is 0 Å². The molecule has 1 atom stereocenters. The number of benzene rings is 1. The van der Waals surface area contributed by atoms with Crippen LogP contribution in [0.25, 0.3) is 0 Å². The Morgan fingerprint density at radius 1 is 1.53 bits per heavy atom. The van der Waals surface area contributed by atoms with E-state index in [4.69, 9.17) is 0 Å². The van der Waals surface area contributed by atoms with Crippen molar-refractivity contribution in [1.29, 1.82) is 0 Å². The van der Waals surface area contributed by atoms with Gasteiger partial charge < -0.3 is 10.6 Å². The molecule has 0 saturated heterocycles. The Bertz CT molecular complexity index is 479. The lowest BCUT2D eigenvalue weighted by atomic mass is 10.1. The first-order valence-corrected chi connectivity index (χ1v) is 5.91. The average molecular weight is 269 g/mol. The number of nitrogens with one attached hydrogen (secondary N) is 2. The van der Waals surface area contributed by atoms with E-state index in [9.17, 15) is 19.3 Å². The summed E-state index contributed by atoms with van der Waals surface area (Å²) in [6.07, 6.45) is 0. The van der Waals surface area contributed by atoms with E-state index in [0.717, 1.165) is 18.7 Å². The summed E-state index contributed by atoms with van der Waals surface area (Å²) in [5, 5.41) is 15.9. The smallest absolute Gasteiger partial charge is 0.272 e. The molecule has 1 aromatic carbocycles. The minimum atomic E-state index is -0.821. The first-order chi connectivity index (χ1) is 8.95. The topological polar surface area (TPSA) is 84.3 Å². The minimum Gasteiger partial charge on any atom is -0.323 e. The lowest BCUT2D eigenvalue weighted by Crippen LogP contribution is -2.30. The van der Waals surface area contributed by atoms with Crippen molar-refractivity contribution in [2.45, 2.75) is 13.8 Å². The zero-order chi connectivity index (χ0) is 14.4. The fraction of sp³-hybridized carbons (Fsp3) is 0.417. The van der Waals surface area contributed by atoms with Gasteiger partial charge in [-0.05, 0) is 12.6 Å².